The minimum atomic E-state index is -2.51. The molecule has 19 heteroatoms. The number of carbonyl (C=O) groups excluding carboxylic acids is 4. The molecule has 2 aromatic heterocycles. The van der Waals surface area contributed by atoms with E-state index in [0.717, 1.165) is 0 Å². The van der Waals surface area contributed by atoms with Gasteiger partial charge in [-0.2, -0.15) is 0 Å². The third-order valence-electron chi connectivity index (χ3n) is 9.58. The Balaban J connectivity index is 1.73. The van der Waals surface area contributed by atoms with Crippen molar-refractivity contribution in [3.8, 4) is 0 Å². The number of urea groups is 4. The number of ether oxygens (including phenoxy) is 1. The molecule has 17 nitrogen and oxygen atoms in total. The number of hydrogen-bond acceptors (Lipinski definition) is 10. The number of fused-ring (bicyclic) bond motifs is 1. The van der Waals surface area contributed by atoms with Crippen LogP contribution in [0.1, 0.15) is 47.8 Å². The van der Waals surface area contributed by atoms with E-state index in [1.807, 2.05) is 23.5 Å². The molecule has 4 atom stereocenters. The molecule has 1 aliphatic heterocycles. The van der Waals surface area contributed by atoms with Gasteiger partial charge in [0.15, 0.2) is 39.8 Å². The van der Waals surface area contributed by atoms with Gasteiger partial charge >= 0.3 is 24.1 Å². The molecule has 0 aliphatic carbocycles. The van der Waals surface area contributed by atoms with Gasteiger partial charge in [0.1, 0.15) is 24.6 Å². The molecule has 1 aliphatic rings. The van der Waals surface area contributed by atoms with Crippen LogP contribution in [0.15, 0.2) is 43.0 Å². The van der Waals surface area contributed by atoms with E-state index >= 15 is 0 Å². The highest BCUT2D eigenvalue weighted by Crippen LogP contribution is 2.46. The molecule has 7 N–H and O–H groups in total. The first-order chi connectivity index (χ1) is 23.6. The van der Waals surface area contributed by atoms with Crippen LogP contribution in [0.25, 0.3) is 11.2 Å². The Hall–Kier alpha value is -4.44. The van der Waals surface area contributed by atoms with E-state index in [4.69, 9.17) is 19.3 Å². The fraction of sp³-hybridized carbons (Fsp3) is 0.531. The van der Waals surface area contributed by atoms with Crippen molar-refractivity contribution >= 4 is 63.4 Å². The van der Waals surface area contributed by atoms with Crippen LogP contribution in [0.4, 0.5) is 30.7 Å². The molecule has 4 rings (SSSR count). The average Bonchev–Trinajstić information content (AvgIpc) is 3.56. The number of hydrogen-bond donors (Lipinski definition) is 6. The van der Waals surface area contributed by atoms with E-state index in [1.165, 1.54) is 6.33 Å². The number of imidazole rings is 1. The largest absolute Gasteiger partial charge is 0.408 e. The standard InChI is InChI=1S/C32H50N10O7Si2/c1-31(2,3)50(7,8)48-22-20(16-34-28(44)41-30(46)40-27(33)43)47-26(23(22)49-51(9,10)32(4,5)6)42-18-37-21-24(35-17-36-25(21)42)39-29(45)38-19-14-12-11-13-15-19/h11-15,17-18,20,22-23,26H,16H2,1-10H3,(H2,35,36,38,39,45)(H5,33,34,40,41,43,44,46)/t20-,22-,23-,26-/m1/s1. The smallest absolute Gasteiger partial charge is 0.330 e. The number of nitrogens with zero attached hydrogens (tertiary/aromatic N) is 4. The second kappa shape index (κ2) is 15.0. The third-order valence-corrected chi connectivity index (χ3v) is 18.5. The van der Waals surface area contributed by atoms with Crippen molar-refractivity contribution in [1.82, 2.24) is 35.5 Å². The first kappa shape index (κ1) is 39.4. The molecule has 0 radical (unpaired) electrons. The number of primary amides is 1. The van der Waals surface area contributed by atoms with Gasteiger partial charge in [0, 0.05) is 12.2 Å². The maximum absolute atomic E-state index is 12.9. The van der Waals surface area contributed by atoms with Gasteiger partial charge in [-0.05, 0) is 48.4 Å². The zero-order chi connectivity index (χ0) is 37.9. The van der Waals surface area contributed by atoms with Gasteiger partial charge in [-0.25, -0.2) is 34.1 Å². The molecule has 0 unspecified atom stereocenters. The molecular weight excluding hydrogens is 693 g/mol. The summed E-state index contributed by atoms with van der Waals surface area (Å²) in [6.07, 6.45) is -0.116. The number of nitrogens with two attached hydrogens (primary N) is 1. The Labute approximate surface area is 299 Å². The van der Waals surface area contributed by atoms with Crippen LogP contribution in [0.5, 0.6) is 0 Å². The summed E-state index contributed by atoms with van der Waals surface area (Å²) < 4.78 is 22.6. The van der Waals surface area contributed by atoms with Gasteiger partial charge in [-0.1, -0.05) is 59.7 Å². The van der Waals surface area contributed by atoms with Crippen LogP contribution in [-0.4, -0.2) is 85.1 Å². The van der Waals surface area contributed by atoms with Crippen molar-refractivity contribution in [2.75, 3.05) is 17.2 Å². The fourth-order valence-corrected chi connectivity index (χ4v) is 7.41. The first-order valence-electron chi connectivity index (χ1n) is 16.6. The van der Waals surface area contributed by atoms with Crippen molar-refractivity contribution in [3.63, 3.8) is 0 Å². The number of aromatic nitrogens is 4. The minimum Gasteiger partial charge on any atom is -0.408 e. The van der Waals surface area contributed by atoms with Gasteiger partial charge in [0.25, 0.3) is 0 Å². The SMILES string of the molecule is CC(C)(C)[Si](C)(C)O[C@@H]1[C@H](O[Si](C)(C)C(C)(C)C)[C@@H](CNC(=O)NC(=O)NC(N)=O)O[C@H]1n1cnc2c(NC(=O)Nc3ccccc3)ncnc21. The lowest BCUT2D eigenvalue weighted by Crippen LogP contribution is -2.55. The van der Waals surface area contributed by atoms with Crippen LogP contribution in [0.3, 0.4) is 0 Å². The summed E-state index contributed by atoms with van der Waals surface area (Å²) in [6, 6.07) is 5.41. The summed E-state index contributed by atoms with van der Waals surface area (Å²) in [7, 11) is -5.01. The Morgan fingerprint density at radius 1 is 0.824 bits per heavy atom. The van der Waals surface area contributed by atoms with Crippen LogP contribution in [-0.2, 0) is 13.6 Å². The van der Waals surface area contributed by atoms with E-state index in [-0.39, 0.29) is 22.4 Å². The first-order valence-corrected chi connectivity index (χ1v) is 22.4. The highest BCUT2D eigenvalue weighted by molar-refractivity contribution is 6.74. The quantitative estimate of drug-likeness (QED) is 0.156. The summed E-state index contributed by atoms with van der Waals surface area (Å²) in [5, 5.41) is 11.6. The third kappa shape index (κ3) is 9.47. The summed E-state index contributed by atoms with van der Waals surface area (Å²) in [6.45, 7) is 21.2. The molecule has 0 spiro atoms. The van der Waals surface area contributed by atoms with Gasteiger partial charge in [0.2, 0.25) is 0 Å². The van der Waals surface area contributed by atoms with Crippen molar-refractivity contribution in [3.05, 3.63) is 43.0 Å². The topological polar surface area (TPSA) is 226 Å². The van der Waals surface area contributed by atoms with Crippen LogP contribution in [0.2, 0.25) is 36.3 Å². The number of rotatable bonds is 9. The van der Waals surface area contributed by atoms with Gasteiger partial charge in [-0.15, -0.1) is 0 Å². The summed E-state index contributed by atoms with van der Waals surface area (Å²) in [5.41, 5.74) is 6.28. The maximum Gasteiger partial charge on any atom is 0.330 e. The zero-order valence-corrected chi connectivity index (χ0v) is 32.8. The highest BCUT2D eigenvalue weighted by atomic mass is 28.4. The Bertz CT molecular complexity index is 1740. The number of carbonyl (C=O) groups is 4. The lowest BCUT2D eigenvalue weighted by atomic mass is 10.1. The number of anilines is 2. The molecule has 8 amide bonds. The van der Waals surface area contributed by atoms with Gasteiger partial charge < -0.3 is 30.0 Å². The molecule has 0 saturated carbocycles. The lowest BCUT2D eigenvalue weighted by molar-refractivity contribution is -0.0301. The zero-order valence-electron chi connectivity index (χ0n) is 30.8. The maximum atomic E-state index is 12.9. The number of nitrogens with one attached hydrogen (secondary N) is 5. The Morgan fingerprint density at radius 2 is 1.43 bits per heavy atom. The summed E-state index contributed by atoms with van der Waals surface area (Å²) in [5.74, 6) is 0.185. The molecule has 1 fully saturated rings. The van der Waals surface area contributed by atoms with Crippen LogP contribution < -0.4 is 32.3 Å². The van der Waals surface area contributed by atoms with Crippen molar-refractivity contribution < 1.29 is 32.8 Å². The Kier molecular flexibility index (Phi) is 11.6. The lowest BCUT2D eigenvalue weighted by Gasteiger charge is -2.44. The minimum absolute atomic E-state index is 0.0864. The molecule has 3 heterocycles. The molecule has 3 aromatic rings. The predicted molar refractivity (Wildman–Crippen MR) is 197 cm³/mol. The number of imide groups is 2. The van der Waals surface area contributed by atoms with Crippen LogP contribution >= 0.6 is 0 Å². The number of amides is 8. The van der Waals surface area contributed by atoms with E-state index in [0.29, 0.717) is 16.9 Å². The number of benzene rings is 1. The summed E-state index contributed by atoms with van der Waals surface area (Å²) in [4.78, 5) is 61.9. The number of para-hydroxylation sites is 1. The fourth-order valence-electron chi connectivity index (χ4n) is 4.80. The van der Waals surface area contributed by atoms with Crippen molar-refractivity contribution in [1.29, 1.82) is 0 Å². The monoisotopic (exact) mass is 742 g/mol. The van der Waals surface area contributed by atoms with Gasteiger partial charge in [0.05, 0.1) is 6.33 Å². The van der Waals surface area contributed by atoms with Gasteiger partial charge in [-0.3, -0.25) is 20.5 Å². The molecule has 0 bridgehead atoms. The summed E-state index contributed by atoms with van der Waals surface area (Å²) >= 11 is 0. The van der Waals surface area contributed by atoms with Crippen molar-refractivity contribution in [2.24, 2.45) is 5.73 Å². The Morgan fingerprint density at radius 3 is 2.02 bits per heavy atom. The predicted octanol–water partition coefficient (Wildman–Crippen LogP) is 5.24. The molecule has 1 saturated heterocycles. The molecule has 1 aromatic carbocycles. The highest BCUT2D eigenvalue weighted by Gasteiger charge is 2.54. The van der Waals surface area contributed by atoms with E-state index in [9.17, 15) is 19.2 Å². The second-order valence-electron chi connectivity index (χ2n) is 15.4. The second-order valence-corrected chi connectivity index (χ2v) is 24.9. The van der Waals surface area contributed by atoms with E-state index in [1.54, 1.807) is 28.3 Å². The van der Waals surface area contributed by atoms with E-state index < -0.39 is 65.3 Å². The molecule has 278 valence electrons. The average molecular weight is 743 g/mol. The van der Waals surface area contributed by atoms with E-state index in [2.05, 4.69) is 98.6 Å². The molecular formula is C32H50N10O7Si2. The normalized spacial score (nSPS) is 19.7. The van der Waals surface area contributed by atoms with Crippen LogP contribution in [0, 0.1) is 0 Å². The van der Waals surface area contributed by atoms with Crippen molar-refractivity contribution in [2.45, 2.75) is 102 Å². The molecule has 51 heavy (non-hydrogen) atoms.